The Morgan fingerprint density at radius 2 is 1.70 bits per heavy atom. The smallest absolute Gasteiger partial charge is 0.328 e. The summed E-state index contributed by atoms with van der Waals surface area (Å²) in [5.74, 6) is -2.56. The fraction of sp³-hybridized carbons (Fsp3) is 0.750. The predicted molar refractivity (Wildman–Crippen MR) is 71.7 cm³/mol. The molecule has 0 aromatic heterocycles. The van der Waals surface area contributed by atoms with Gasteiger partial charge in [0.1, 0.15) is 12.1 Å². The average Bonchev–Trinajstić information content (AvgIpc) is 2.41. The molecule has 116 valence electrons. The lowest BCUT2D eigenvalue weighted by atomic mass is 9.99. The number of rotatable bonds is 8. The minimum atomic E-state index is -1.40. The highest BCUT2D eigenvalue weighted by molar-refractivity contribution is 5.91. The van der Waals surface area contributed by atoms with Crippen molar-refractivity contribution in [1.82, 2.24) is 10.6 Å². The van der Waals surface area contributed by atoms with Gasteiger partial charge in [0.2, 0.25) is 11.8 Å². The topological polar surface area (TPSA) is 142 Å². The maximum Gasteiger partial charge on any atom is 0.328 e. The molecule has 4 unspecified atom stereocenters. The summed E-state index contributed by atoms with van der Waals surface area (Å²) in [5.41, 5.74) is 5.72. The molecule has 2 amide bonds. The molecule has 0 rings (SSSR count). The SMILES string of the molecule is CCC(C)C(N)C(=O)NC(C)C(=O)NC(CO)C(=O)O. The van der Waals surface area contributed by atoms with E-state index in [1.165, 1.54) is 6.92 Å². The van der Waals surface area contributed by atoms with E-state index < -0.39 is 42.5 Å². The average molecular weight is 289 g/mol. The summed E-state index contributed by atoms with van der Waals surface area (Å²) in [6.45, 7) is 4.40. The van der Waals surface area contributed by atoms with E-state index in [1.54, 1.807) is 0 Å². The van der Waals surface area contributed by atoms with Gasteiger partial charge in [0.05, 0.1) is 12.6 Å². The lowest BCUT2D eigenvalue weighted by Gasteiger charge is -2.21. The fourth-order valence-corrected chi connectivity index (χ4v) is 1.37. The molecule has 0 aliphatic heterocycles. The molecule has 0 aromatic rings. The maximum atomic E-state index is 11.8. The number of nitrogens with one attached hydrogen (secondary N) is 2. The fourth-order valence-electron chi connectivity index (χ4n) is 1.37. The summed E-state index contributed by atoms with van der Waals surface area (Å²) in [6, 6.07) is -3.07. The van der Waals surface area contributed by atoms with Crippen molar-refractivity contribution in [2.45, 2.75) is 45.3 Å². The van der Waals surface area contributed by atoms with Crippen LogP contribution in [-0.4, -0.2) is 52.7 Å². The number of hydrogen-bond donors (Lipinski definition) is 5. The molecule has 0 bridgehead atoms. The van der Waals surface area contributed by atoms with Crippen molar-refractivity contribution in [2.24, 2.45) is 11.7 Å². The third-order valence-corrected chi connectivity index (χ3v) is 3.11. The van der Waals surface area contributed by atoms with Crippen molar-refractivity contribution in [1.29, 1.82) is 0 Å². The number of carboxylic acids is 1. The van der Waals surface area contributed by atoms with Crippen LogP contribution in [0, 0.1) is 5.92 Å². The lowest BCUT2D eigenvalue weighted by molar-refractivity contribution is -0.143. The number of amides is 2. The van der Waals surface area contributed by atoms with Crippen molar-refractivity contribution in [2.75, 3.05) is 6.61 Å². The van der Waals surface area contributed by atoms with Gasteiger partial charge in [0.25, 0.3) is 0 Å². The number of nitrogens with two attached hydrogens (primary N) is 1. The van der Waals surface area contributed by atoms with Gasteiger partial charge in [-0.25, -0.2) is 4.79 Å². The van der Waals surface area contributed by atoms with Crippen molar-refractivity contribution < 1.29 is 24.6 Å². The van der Waals surface area contributed by atoms with Gasteiger partial charge in [0.15, 0.2) is 0 Å². The van der Waals surface area contributed by atoms with Crippen molar-refractivity contribution in [3.05, 3.63) is 0 Å². The molecule has 0 aliphatic carbocycles. The summed E-state index contributed by atoms with van der Waals surface area (Å²) in [6.07, 6.45) is 0.723. The molecule has 0 spiro atoms. The van der Waals surface area contributed by atoms with Gasteiger partial charge in [-0.1, -0.05) is 20.3 Å². The summed E-state index contributed by atoms with van der Waals surface area (Å²) in [7, 11) is 0. The summed E-state index contributed by atoms with van der Waals surface area (Å²) < 4.78 is 0. The summed E-state index contributed by atoms with van der Waals surface area (Å²) in [4.78, 5) is 34.1. The van der Waals surface area contributed by atoms with E-state index in [1.807, 2.05) is 13.8 Å². The number of carbonyl (C=O) groups is 3. The largest absolute Gasteiger partial charge is 0.480 e. The number of hydrogen-bond acceptors (Lipinski definition) is 5. The monoisotopic (exact) mass is 289 g/mol. The van der Waals surface area contributed by atoms with Gasteiger partial charge in [-0.3, -0.25) is 9.59 Å². The van der Waals surface area contributed by atoms with Crippen molar-refractivity contribution in [3.63, 3.8) is 0 Å². The highest BCUT2D eigenvalue weighted by atomic mass is 16.4. The van der Waals surface area contributed by atoms with Gasteiger partial charge in [-0.2, -0.15) is 0 Å². The van der Waals surface area contributed by atoms with Gasteiger partial charge in [-0.05, 0) is 12.8 Å². The van der Waals surface area contributed by atoms with Gasteiger partial charge in [0, 0.05) is 0 Å². The second-order valence-electron chi connectivity index (χ2n) is 4.72. The van der Waals surface area contributed by atoms with Crippen LogP contribution >= 0.6 is 0 Å². The van der Waals surface area contributed by atoms with Crippen LogP contribution in [0.4, 0.5) is 0 Å². The first kappa shape index (κ1) is 18.3. The summed E-state index contributed by atoms with van der Waals surface area (Å²) in [5, 5.41) is 22.0. The molecule has 8 heteroatoms. The Bertz CT molecular complexity index is 361. The molecule has 6 N–H and O–H groups in total. The molecule has 0 fully saturated rings. The van der Waals surface area contributed by atoms with Crippen LogP contribution in [0.3, 0.4) is 0 Å². The zero-order valence-electron chi connectivity index (χ0n) is 11.9. The van der Waals surface area contributed by atoms with Gasteiger partial charge < -0.3 is 26.6 Å². The minimum Gasteiger partial charge on any atom is -0.480 e. The molecule has 4 atom stereocenters. The normalized spacial score (nSPS) is 16.6. The van der Waals surface area contributed by atoms with Crippen LogP contribution in [0.5, 0.6) is 0 Å². The highest BCUT2D eigenvalue weighted by Gasteiger charge is 2.26. The standard InChI is InChI=1S/C12H23N3O5/c1-4-6(2)9(13)11(18)14-7(3)10(17)15-8(5-16)12(19)20/h6-9,16H,4-5,13H2,1-3H3,(H,14,18)(H,15,17)(H,19,20). The zero-order valence-corrected chi connectivity index (χ0v) is 11.9. The van der Waals surface area contributed by atoms with Crippen LogP contribution in [0.1, 0.15) is 27.2 Å². The number of carbonyl (C=O) groups excluding carboxylic acids is 2. The van der Waals surface area contributed by atoms with Gasteiger partial charge >= 0.3 is 5.97 Å². The van der Waals surface area contributed by atoms with Crippen molar-refractivity contribution >= 4 is 17.8 Å². The third-order valence-electron chi connectivity index (χ3n) is 3.11. The predicted octanol–water partition coefficient (Wildman–Crippen LogP) is -1.57. The Morgan fingerprint density at radius 3 is 2.10 bits per heavy atom. The molecule has 0 heterocycles. The second kappa shape index (κ2) is 8.49. The van der Waals surface area contributed by atoms with E-state index in [0.29, 0.717) is 0 Å². The first-order valence-electron chi connectivity index (χ1n) is 6.44. The van der Waals surface area contributed by atoms with Crippen LogP contribution in [0.15, 0.2) is 0 Å². The van der Waals surface area contributed by atoms with Crippen molar-refractivity contribution in [3.8, 4) is 0 Å². The molecule has 0 saturated heterocycles. The highest BCUT2D eigenvalue weighted by Crippen LogP contribution is 2.05. The van der Waals surface area contributed by atoms with Crippen LogP contribution in [0.25, 0.3) is 0 Å². The molecular formula is C12H23N3O5. The molecular weight excluding hydrogens is 266 g/mol. The van der Waals surface area contributed by atoms with Crippen LogP contribution in [0.2, 0.25) is 0 Å². The second-order valence-corrected chi connectivity index (χ2v) is 4.72. The number of aliphatic hydroxyl groups is 1. The Balaban J connectivity index is 4.46. The molecule has 0 aromatic carbocycles. The number of aliphatic carboxylic acids is 1. The van der Waals surface area contributed by atoms with E-state index in [-0.39, 0.29) is 5.92 Å². The van der Waals surface area contributed by atoms with E-state index >= 15 is 0 Å². The molecule has 20 heavy (non-hydrogen) atoms. The third kappa shape index (κ3) is 5.54. The van der Waals surface area contributed by atoms with Gasteiger partial charge in [-0.15, -0.1) is 0 Å². The lowest BCUT2D eigenvalue weighted by Crippen LogP contribution is -2.55. The first-order valence-corrected chi connectivity index (χ1v) is 6.44. The molecule has 8 nitrogen and oxygen atoms in total. The zero-order chi connectivity index (χ0) is 15.9. The minimum absolute atomic E-state index is 0.0329. The molecule has 0 saturated carbocycles. The van der Waals surface area contributed by atoms with E-state index in [4.69, 9.17) is 15.9 Å². The summed E-state index contributed by atoms with van der Waals surface area (Å²) >= 11 is 0. The quantitative estimate of drug-likeness (QED) is 0.365. The Kier molecular flexibility index (Phi) is 7.78. The number of carboxylic acid groups (broad SMARTS) is 1. The van der Waals surface area contributed by atoms with E-state index in [2.05, 4.69) is 10.6 Å². The first-order chi connectivity index (χ1) is 9.24. The Hall–Kier alpha value is -1.67. The van der Waals surface area contributed by atoms with Crippen LogP contribution < -0.4 is 16.4 Å². The number of aliphatic hydroxyl groups excluding tert-OH is 1. The van der Waals surface area contributed by atoms with Crippen LogP contribution in [-0.2, 0) is 14.4 Å². The Labute approximate surface area is 117 Å². The maximum absolute atomic E-state index is 11.8. The molecule has 0 radical (unpaired) electrons. The Morgan fingerprint density at radius 1 is 1.15 bits per heavy atom. The molecule has 0 aliphatic rings. The van der Waals surface area contributed by atoms with E-state index in [0.717, 1.165) is 6.42 Å². The van der Waals surface area contributed by atoms with E-state index in [9.17, 15) is 14.4 Å².